The number of rotatable bonds is 1. The van der Waals surface area contributed by atoms with Gasteiger partial charge in [0.05, 0.1) is 23.5 Å². The Labute approximate surface area is 121 Å². The van der Waals surface area contributed by atoms with Gasteiger partial charge in [-0.25, -0.2) is 4.98 Å². The van der Waals surface area contributed by atoms with Crippen molar-refractivity contribution in [3.63, 3.8) is 0 Å². The van der Waals surface area contributed by atoms with E-state index in [0.29, 0.717) is 18.7 Å². The van der Waals surface area contributed by atoms with Gasteiger partial charge in [0.1, 0.15) is 5.65 Å². The molecule has 0 N–H and O–H groups in total. The van der Waals surface area contributed by atoms with Crippen LogP contribution < -0.4 is 0 Å². The largest absolute Gasteiger partial charge is 0.332 e. The number of pyridine rings is 2. The van der Waals surface area contributed by atoms with E-state index in [-0.39, 0.29) is 5.91 Å². The number of fused-ring (bicyclic) bond motifs is 3. The molecule has 0 aliphatic carbocycles. The highest BCUT2D eigenvalue weighted by atomic mass is 16.2. The molecule has 1 aliphatic rings. The van der Waals surface area contributed by atoms with E-state index in [1.54, 1.807) is 24.5 Å². The van der Waals surface area contributed by atoms with E-state index in [9.17, 15) is 4.79 Å². The van der Waals surface area contributed by atoms with Crippen LogP contribution in [0.25, 0.3) is 5.65 Å². The summed E-state index contributed by atoms with van der Waals surface area (Å²) in [7, 11) is 0. The van der Waals surface area contributed by atoms with E-state index < -0.39 is 0 Å². The molecule has 4 heterocycles. The fourth-order valence-corrected chi connectivity index (χ4v) is 2.81. The van der Waals surface area contributed by atoms with Gasteiger partial charge in [-0.15, -0.1) is 0 Å². The minimum atomic E-state index is 0.0274. The molecule has 0 saturated carbocycles. The Kier molecular flexibility index (Phi) is 2.70. The van der Waals surface area contributed by atoms with E-state index in [0.717, 1.165) is 23.5 Å². The van der Waals surface area contributed by atoms with Gasteiger partial charge in [0, 0.05) is 31.6 Å². The molecule has 0 radical (unpaired) electrons. The van der Waals surface area contributed by atoms with Crippen molar-refractivity contribution in [1.29, 1.82) is 0 Å². The lowest BCUT2D eigenvalue weighted by Crippen LogP contribution is -2.36. The summed E-state index contributed by atoms with van der Waals surface area (Å²) in [5.74, 6) is 0.0274. The third kappa shape index (κ3) is 1.98. The highest BCUT2D eigenvalue weighted by molar-refractivity contribution is 5.94. The maximum Gasteiger partial charge on any atom is 0.255 e. The molecule has 5 nitrogen and oxygen atoms in total. The first kappa shape index (κ1) is 12.1. The minimum Gasteiger partial charge on any atom is -0.332 e. The third-order valence-corrected chi connectivity index (χ3v) is 3.87. The topological polar surface area (TPSA) is 50.5 Å². The summed E-state index contributed by atoms with van der Waals surface area (Å²) in [6.07, 6.45) is 6.09. The maximum atomic E-state index is 12.5. The zero-order chi connectivity index (χ0) is 14.2. The predicted octanol–water partition coefficient (Wildman–Crippen LogP) is 1.93. The van der Waals surface area contributed by atoms with Crippen LogP contribution in [0.2, 0.25) is 0 Å². The van der Waals surface area contributed by atoms with Gasteiger partial charge in [0.2, 0.25) is 0 Å². The Morgan fingerprint density at radius 1 is 1.19 bits per heavy atom. The molecule has 0 saturated heterocycles. The standard InChI is InChI=1S/C16H14N4O/c21-16(12-4-3-7-17-10-12)19-9-6-13-14(11-19)20-8-2-1-5-15(20)18-13/h1-5,7-8,10H,6,9,11H2. The summed E-state index contributed by atoms with van der Waals surface area (Å²) in [6.45, 7) is 1.29. The molecular formula is C16H14N4O. The van der Waals surface area contributed by atoms with E-state index in [4.69, 9.17) is 0 Å². The first-order chi connectivity index (χ1) is 10.3. The average molecular weight is 278 g/mol. The SMILES string of the molecule is O=C(c1cccnc1)N1CCc2nc3ccccn3c2C1. The quantitative estimate of drug-likeness (QED) is 0.683. The van der Waals surface area contributed by atoms with Crippen molar-refractivity contribution in [3.05, 3.63) is 65.9 Å². The molecular weight excluding hydrogens is 264 g/mol. The minimum absolute atomic E-state index is 0.0274. The number of carbonyl (C=O) groups is 1. The highest BCUT2D eigenvalue weighted by Gasteiger charge is 2.25. The van der Waals surface area contributed by atoms with Crippen LogP contribution in [0.4, 0.5) is 0 Å². The molecule has 0 atom stereocenters. The number of carbonyl (C=O) groups excluding carboxylic acids is 1. The van der Waals surface area contributed by atoms with Gasteiger partial charge in [0.25, 0.3) is 5.91 Å². The Bertz CT molecular complexity index is 810. The molecule has 3 aromatic rings. The molecule has 21 heavy (non-hydrogen) atoms. The summed E-state index contributed by atoms with van der Waals surface area (Å²) >= 11 is 0. The fourth-order valence-electron chi connectivity index (χ4n) is 2.81. The van der Waals surface area contributed by atoms with Crippen LogP contribution in [0.3, 0.4) is 0 Å². The molecule has 1 amide bonds. The molecule has 104 valence electrons. The Morgan fingerprint density at radius 3 is 3.00 bits per heavy atom. The zero-order valence-electron chi connectivity index (χ0n) is 11.4. The number of nitrogens with zero attached hydrogens (tertiary/aromatic N) is 4. The predicted molar refractivity (Wildman–Crippen MR) is 77.9 cm³/mol. The summed E-state index contributed by atoms with van der Waals surface area (Å²) < 4.78 is 2.07. The number of amides is 1. The second-order valence-electron chi connectivity index (χ2n) is 5.15. The lowest BCUT2D eigenvalue weighted by molar-refractivity contribution is 0.0730. The van der Waals surface area contributed by atoms with Crippen molar-refractivity contribution >= 4 is 11.6 Å². The lowest BCUT2D eigenvalue weighted by Gasteiger charge is -2.26. The van der Waals surface area contributed by atoms with Crippen molar-refractivity contribution in [1.82, 2.24) is 19.3 Å². The van der Waals surface area contributed by atoms with Crippen molar-refractivity contribution in [2.24, 2.45) is 0 Å². The zero-order valence-corrected chi connectivity index (χ0v) is 11.4. The van der Waals surface area contributed by atoms with Crippen LogP contribution in [-0.2, 0) is 13.0 Å². The molecule has 0 aromatic carbocycles. The maximum absolute atomic E-state index is 12.5. The fraction of sp³-hybridized carbons (Fsp3) is 0.188. The molecule has 3 aromatic heterocycles. The van der Waals surface area contributed by atoms with Crippen molar-refractivity contribution < 1.29 is 4.79 Å². The molecule has 0 bridgehead atoms. The van der Waals surface area contributed by atoms with Crippen LogP contribution in [0.15, 0.2) is 48.9 Å². The van der Waals surface area contributed by atoms with E-state index in [2.05, 4.69) is 14.4 Å². The summed E-state index contributed by atoms with van der Waals surface area (Å²) in [5.41, 5.74) is 3.78. The van der Waals surface area contributed by atoms with Crippen LogP contribution >= 0.6 is 0 Å². The van der Waals surface area contributed by atoms with E-state index >= 15 is 0 Å². The molecule has 4 rings (SSSR count). The first-order valence-corrected chi connectivity index (χ1v) is 6.97. The van der Waals surface area contributed by atoms with E-state index in [1.807, 2.05) is 29.3 Å². The molecule has 5 heteroatoms. The number of hydrogen-bond donors (Lipinski definition) is 0. The van der Waals surface area contributed by atoms with Crippen molar-refractivity contribution in [2.45, 2.75) is 13.0 Å². The average Bonchev–Trinajstić information content (AvgIpc) is 2.93. The number of hydrogen-bond acceptors (Lipinski definition) is 3. The van der Waals surface area contributed by atoms with Gasteiger partial charge in [0.15, 0.2) is 0 Å². The molecule has 0 spiro atoms. The van der Waals surface area contributed by atoms with Gasteiger partial charge >= 0.3 is 0 Å². The summed E-state index contributed by atoms with van der Waals surface area (Å²) in [4.78, 5) is 23.0. The van der Waals surface area contributed by atoms with Gasteiger partial charge in [-0.3, -0.25) is 9.78 Å². The van der Waals surface area contributed by atoms with Gasteiger partial charge in [-0.1, -0.05) is 6.07 Å². The van der Waals surface area contributed by atoms with Crippen molar-refractivity contribution in [3.8, 4) is 0 Å². The third-order valence-electron chi connectivity index (χ3n) is 3.87. The number of imidazole rings is 1. The van der Waals surface area contributed by atoms with Gasteiger partial charge < -0.3 is 9.30 Å². The summed E-state index contributed by atoms with van der Waals surface area (Å²) in [6, 6.07) is 9.55. The molecule has 0 fully saturated rings. The lowest BCUT2D eigenvalue weighted by atomic mass is 10.1. The monoisotopic (exact) mass is 278 g/mol. The van der Waals surface area contributed by atoms with Crippen LogP contribution in [0.5, 0.6) is 0 Å². The van der Waals surface area contributed by atoms with Gasteiger partial charge in [-0.2, -0.15) is 0 Å². The normalized spacial score (nSPS) is 14.2. The Balaban J connectivity index is 1.69. The number of aromatic nitrogens is 3. The first-order valence-electron chi connectivity index (χ1n) is 6.97. The second-order valence-corrected chi connectivity index (χ2v) is 5.15. The smallest absolute Gasteiger partial charge is 0.255 e. The summed E-state index contributed by atoms with van der Waals surface area (Å²) in [5, 5.41) is 0. The van der Waals surface area contributed by atoms with Crippen LogP contribution in [-0.4, -0.2) is 31.7 Å². The van der Waals surface area contributed by atoms with Crippen LogP contribution in [0.1, 0.15) is 21.7 Å². The molecule has 0 unspecified atom stereocenters. The van der Waals surface area contributed by atoms with E-state index in [1.165, 1.54) is 0 Å². The molecule has 1 aliphatic heterocycles. The Morgan fingerprint density at radius 2 is 2.14 bits per heavy atom. The second kappa shape index (κ2) is 4.70. The Hall–Kier alpha value is -2.69. The van der Waals surface area contributed by atoms with Crippen LogP contribution in [0, 0.1) is 0 Å². The highest BCUT2D eigenvalue weighted by Crippen LogP contribution is 2.21. The van der Waals surface area contributed by atoms with Crippen molar-refractivity contribution in [2.75, 3.05) is 6.54 Å². The van der Waals surface area contributed by atoms with Gasteiger partial charge in [-0.05, 0) is 24.3 Å².